The van der Waals surface area contributed by atoms with Crippen molar-refractivity contribution in [2.75, 3.05) is 13.1 Å². The van der Waals surface area contributed by atoms with E-state index in [2.05, 4.69) is 22.9 Å². The molecule has 1 aromatic rings. The summed E-state index contributed by atoms with van der Waals surface area (Å²) < 4.78 is 0. The summed E-state index contributed by atoms with van der Waals surface area (Å²) in [7, 11) is 0. The molecule has 0 spiro atoms. The molecule has 2 rings (SSSR count). The highest BCUT2D eigenvalue weighted by molar-refractivity contribution is 7.12. The van der Waals surface area contributed by atoms with E-state index in [4.69, 9.17) is 5.26 Å². The molecule has 0 bridgehead atoms. The van der Waals surface area contributed by atoms with Crippen molar-refractivity contribution in [2.24, 2.45) is 0 Å². The molecule has 1 aliphatic rings. The van der Waals surface area contributed by atoms with E-state index in [1.54, 1.807) is 6.20 Å². The van der Waals surface area contributed by atoms with E-state index in [0.717, 1.165) is 22.9 Å². The minimum absolute atomic E-state index is 0.712. The molecule has 1 aromatic heterocycles. The van der Waals surface area contributed by atoms with Crippen LogP contribution in [0.15, 0.2) is 6.20 Å². The monoisotopic (exact) mass is 235 g/mol. The molecular weight excluding hydrogens is 218 g/mol. The van der Waals surface area contributed by atoms with Crippen LogP contribution >= 0.6 is 11.3 Å². The summed E-state index contributed by atoms with van der Waals surface area (Å²) in [6, 6.07) is 2.85. The standard InChI is InChI=1S/C12H17N3S/c1-10-4-2-3-6-15(10)7-5-12-14-9-11(8-13)16-12/h9-10H,2-7H2,1H3. The van der Waals surface area contributed by atoms with Crippen LogP contribution in [0.25, 0.3) is 0 Å². The van der Waals surface area contributed by atoms with Gasteiger partial charge in [-0.15, -0.1) is 11.3 Å². The van der Waals surface area contributed by atoms with Gasteiger partial charge in [0.25, 0.3) is 0 Å². The summed E-state index contributed by atoms with van der Waals surface area (Å²) in [6.07, 6.45) is 6.68. The fourth-order valence-electron chi connectivity index (χ4n) is 2.21. The molecule has 0 saturated carbocycles. The summed E-state index contributed by atoms with van der Waals surface area (Å²) in [4.78, 5) is 7.53. The van der Waals surface area contributed by atoms with Crippen molar-refractivity contribution >= 4 is 11.3 Å². The average Bonchev–Trinajstić information content (AvgIpc) is 2.76. The van der Waals surface area contributed by atoms with Crippen LogP contribution in [0.4, 0.5) is 0 Å². The molecule has 0 amide bonds. The Morgan fingerprint density at radius 1 is 1.62 bits per heavy atom. The molecule has 1 saturated heterocycles. The summed E-state index contributed by atoms with van der Waals surface area (Å²) in [5, 5.41) is 9.81. The number of likely N-dealkylation sites (tertiary alicyclic amines) is 1. The van der Waals surface area contributed by atoms with Crippen molar-refractivity contribution in [3.63, 3.8) is 0 Å². The number of nitriles is 1. The van der Waals surface area contributed by atoms with Crippen molar-refractivity contribution in [3.05, 3.63) is 16.1 Å². The first-order valence-corrected chi connectivity index (χ1v) is 6.70. The van der Waals surface area contributed by atoms with Gasteiger partial charge in [-0.1, -0.05) is 6.42 Å². The molecule has 0 radical (unpaired) electrons. The topological polar surface area (TPSA) is 39.9 Å². The molecule has 3 nitrogen and oxygen atoms in total. The van der Waals surface area contributed by atoms with Crippen molar-refractivity contribution in [1.29, 1.82) is 5.26 Å². The Labute approximate surface area is 101 Å². The van der Waals surface area contributed by atoms with Crippen molar-refractivity contribution in [3.8, 4) is 6.07 Å². The largest absolute Gasteiger partial charge is 0.300 e. The zero-order chi connectivity index (χ0) is 11.4. The van der Waals surface area contributed by atoms with Crippen molar-refractivity contribution in [2.45, 2.75) is 38.6 Å². The molecule has 1 atom stereocenters. The summed E-state index contributed by atoms with van der Waals surface area (Å²) >= 11 is 1.52. The third-order valence-corrected chi connectivity index (χ3v) is 4.18. The van der Waals surface area contributed by atoms with Gasteiger partial charge in [-0.25, -0.2) is 4.98 Å². The minimum atomic E-state index is 0.712. The van der Waals surface area contributed by atoms with Crippen LogP contribution in [0, 0.1) is 11.3 Å². The van der Waals surface area contributed by atoms with E-state index in [9.17, 15) is 0 Å². The Bertz CT molecular complexity index is 380. The van der Waals surface area contributed by atoms with Gasteiger partial charge in [0.15, 0.2) is 0 Å². The van der Waals surface area contributed by atoms with Gasteiger partial charge in [0.2, 0.25) is 0 Å². The molecule has 1 fully saturated rings. The summed E-state index contributed by atoms with van der Waals surface area (Å²) in [6.45, 7) is 4.61. The Kier molecular flexibility index (Phi) is 3.92. The molecule has 1 aliphatic heterocycles. The predicted molar refractivity (Wildman–Crippen MR) is 65.4 cm³/mol. The molecule has 16 heavy (non-hydrogen) atoms. The van der Waals surface area contributed by atoms with Gasteiger partial charge in [0, 0.05) is 19.0 Å². The van der Waals surface area contributed by atoms with E-state index in [-0.39, 0.29) is 0 Å². The van der Waals surface area contributed by atoms with Gasteiger partial charge in [-0.2, -0.15) is 5.26 Å². The van der Waals surface area contributed by atoms with Gasteiger partial charge in [0.1, 0.15) is 10.9 Å². The van der Waals surface area contributed by atoms with Crippen LogP contribution in [0.3, 0.4) is 0 Å². The van der Waals surface area contributed by atoms with Crippen molar-refractivity contribution in [1.82, 2.24) is 9.88 Å². The Morgan fingerprint density at radius 3 is 3.19 bits per heavy atom. The Hall–Kier alpha value is -0.920. The molecule has 0 N–H and O–H groups in total. The molecule has 4 heteroatoms. The van der Waals surface area contributed by atoms with Gasteiger partial charge < -0.3 is 4.90 Å². The van der Waals surface area contributed by atoms with E-state index in [0.29, 0.717) is 6.04 Å². The average molecular weight is 235 g/mol. The lowest BCUT2D eigenvalue weighted by Gasteiger charge is -2.32. The third-order valence-electron chi connectivity index (χ3n) is 3.22. The van der Waals surface area contributed by atoms with Gasteiger partial charge in [0.05, 0.1) is 11.2 Å². The zero-order valence-corrected chi connectivity index (χ0v) is 10.5. The number of hydrogen-bond acceptors (Lipinski definition) is 4. The minimum Gasteiger partial charge on any atom is -0.300 e. The zero-order valence-electron chi connectivity index (χ0n) is 9.65. The number of piperidine rings is 1. The fourth-order valence-corrected chi connectivity index (χ4v) is 2.91. The second-order valence-corrected chi connectivity index (χ2v) is 5.48. The lowest BCUT2D eigenvalue weighted by Crippen LogP contribution is -2.38. The van der Waals surface area contributed by atoms with Crippen LogP contribution in [0.1, 0.15) is 36.1 Å². The number of nitrogens with zero attached hydrogens (tertiary/aromatic N) is 3. The smallest absolute Gasteiger partial charge is 0.124 e. The maximum atomic E-state index is 8.72. The van der Waals surface area contributed by atoms with E-state index in [1.807, 2.05) is 0 Å². The quantitative estimate of drug-likeness (QED) is 0.808. The first-order valence-electron chi connectivity index (χ1n) is 5.88. The lowest BCUT2D eigenvalue weighted by molar-refractivity contribution is 0.163. The van der Waals surface area contributed by atoms with Crippen molar-refractivity contribution < 1.29 is 0 Å². The normalized spacial score (nSPS) is 21.9. The van der Waals surface area contributed by atoms with Crippen LogP contribution in [-0.4, -0.2) is 29.0 Å². The van der Waals surface area contributed by atoms with Crippen LogP contribution in [-0.2, 0) is 6.42 Å². The van der Waals surface area contributed by atoms with Crippen LogP contribution < -0.4 is 0 Å². The molecular formula is C12H17N3S. The molecule has 2 heterocycles. The molecule has 86 valence electrons. The van der Waals surface area contributed by atoms with Crippen LogP contribution in [0.2, 0.25) is 0 Å². The second-order valence-electron chi connectivity index (χ2n) is 4.36. The SMILES string of the molecule is CC1CCCCN1CCc1ncc(C#N)s1. The fraction of sp³-hybridized carbons (Fsp3) is 0.667. The molecule has 0 aliphatic carbocycles. The highest BCUT2D eigenvalue weighted by Gasteiger charge is 2.17. The highest BCUT2D eigenvalue weighted by Crippen LogP contribution is 2.18. The first-order chi connectivity index (χ1) is 7.79. The highest BCUT2D eigenvalue weighted by atomic mass is 32.1. The predicted octanol–water partition coefficient (Wildman–Crippen LogP) is 2.43. The third kappa shape index (κ3) is 2.81. The maximum Gasteiger partial charge on any atom is 0.124 e. The summed E-state index contributed by atoms with van der Waals surface area (Å²) in [5.41, 5.74) is 0. The first kappa shape index (κ1) is 11.6. The maximum absolute atomic E-state index is 8.72. The van der Waals surface area contributed by atoms with E-state index < -0.39 is 0 Å². The lowest BCUT2D eigenvalue weighted by atomic mass is 10.0. The second kappa shape index (κ2) is 5.42. The number of rotatable bonds is 3. The number of hydrogen-bond donors (Lipinski definition) is 0. The van der Waals surface area contributed by atoms with Gasteiger partial charge >= 0.3 is 0 Å². The molecule has 1 unspecified atom stereocenters. The van der Waals surface area contributed by atoms with Gasteiger partial charge in [-0.05, 0) is 26.3 Å². The van der Waals surface area contributed by atoms with E-state index >= 15 is 0 Å². The number of thiazole rings is 1. The van der Waals surface area contributed by atoms with Crippen LogP contribution in [0.5, 0.6) is 0 Å². The number of aromatic nitrogens is 1. The molecule has 0 aromatic carbocycles. The Morgan fingerprint density at radius 2 is 2.50 bits per heavy atom. The Balaban J connectivity index is 1.84. The van der Waals surface area contributed by atoms with Gasteiger partial charge in [-0.3, -0.25) is 0 Å². The summed E-state index contributed by atoms with van der Waals surface area (Å²) in [5.74, 6) is 0. The van der Waals surface area contributed by atoms with E-state index in [1.165, 1.54) is 37.1 Å².